The zero-order chi connectivity index (χ0) is 15.1. The van der Waals surface area contributed by atoms with Crippen molar-refractivity contribution in [2.45, 2.75) is 26.2 Å². The molecular weight excluding hydrogens is 360 g/mol. The second-order valence-electron chi connectivity index (χ2n) is 5.74. The molecule has 3 aromatic heterocycles. The molecule has 3 heterocycles. The quantitative estimate of drug-likeness (QED) is 0.704. The van der Waals surface area contributed by atoms with Crippen LogP contribution >= 0.6 is 27.3 Å². The maximum atomic E-state index is 4.47. The van der Waals surface area contributed by atoms with E-state index in [9.17, 15) is 0 Å². The summed E-state index contributed by atoms with van der Waals surface area (Å²) >= 11 is 5.22. The maximum absolute atomic E-state index is 4.47. The van der Waals surface area contributed by atoms with Crippen LogP contribution in [0.15, 0.2) is 29.1 Å². The van der Waals surface area contributed by atoms with Gasteiger partial charge in [-0.2, -0.15) is 0 Å². The Kier molecular flexibility index (Phi) is 3.58. The zero-order valence-corrected chi connectivity index (χ0v) is 14.5. The lowest BCUT2D eigenvalue weighted by atomic mass is 9.88. The summed E-state index contributed by atoms with van der Waals surface area (Å²) in [5.74, 6) is 2.39. The minimum absolute atomic E-state index is 0.726. The third-order valence-electron chi connectivity index (χ3n) is 4.06. The van der Waals surface area contributed by atoms with Crippen molar-refractivity contribution in [2.75, 3.05) is 5.32 Å². The highest BCUT2D eigenvalue weighted by atomic mass is 79.9. The lowest BCUT2D eigenvalue weighted by Crippen LogP contribution is -2.09. The number of rotatable bonds is 2. The molecule has 3 aromatic rings. The van der Waals surface area contributed by atoms with Crippen LogP contribution in [0.2, 0.25) is 0 Å². The molecule has 4 nitrogen and oxygen atoms in total. The van der Waals surface area contributed by atoms with E-state index in [0.29, 0.717) is 0 Å². The Hall–Kier alpha value is -1.53. The van der Waals surface area contributed by atoms with Crippen LogP contribution in [-0.4, -0.2) is 15.0 Å². The predicted molar refractivity (Wildman–Crippen MR) is 93.8 cm³/mol. The molecule has 0 amide bonds. The van der Waals surface area contributed by atoms with E-state index in [1.165, 1.54) is 22.2 Å². The smallest absolute Gasteiger partial charge is 0.144 e. The van der Waals surface area contributed by atoms with E-state index in [1.807, 2.05) is 23.5 Å². The predicted octanol–water partition coefficient (Wildman–Crippen LogP) is 4.72. The van der Waals surface area contributed by atoms with Crippen molar-refractivity contribution in [3.05, 3.63) is 39.6 Å². The molecule has 0 bridgehead atoms. The second kappa shape index (κ2) is 5.59. The first-order valence-corrected chi connectivity index (χ1v) is 8.95. The summed E-state index contributed by atoms with van der Waals surface area (Å²) in [4.78, 5) is 15.9. The van der Waals surface area contributed by atoms with Crippen molar-refractivity contribution in [3.8, 4) is 0 Å². The van der Waals surface area contributed by atoms with E-state index >= 15 is 0 Å². The van der Waals surface area contributed by atoms with Gasteiger partial charge in [0.15, 0.2) is 0 Å². The Morgan fingerprint density at radius 3 is 3.00 bits per heavy atom. The molecule has 112 valence electrons. The Balaban J connectivity index is 1.80. The van der Waals surface area contributed by atoms with E-state index in [1.54, 1.807) is 12.5 Å². The molecule has 4 rings (SSSR count). The molecule has 0 saturated heterocycles. The van der Waals surface area contributed by atoms with Gasteiger partial charge in [0.1, 0.15) is 22.8 Å². The van der Waals surface area contributed by atoms with E-state index in [4.69, 9.17) is 0 Å². The van der Waals surface area contributed by atoms with Crippen molar-refractivity contribution >= 4 is 49.1 Å². The van der Waals surface area contributed by atoms with Crippen molar-refractivity contribution in [2.24, 2.45) is 5.92 Å². The van der Waals surface area contributed by atoms with Crippen LogP contribution in [0.4, 0.5) is 11.6 Å². The Bertz CT molecular complexity index is 828. The molecule has 22 heavy (non-hydrogen) atoms. The SMILES string of the molecule is CC1CCc2sc3ncnc(Nc4ccc(Br)cn4)c3c2C1. The Morgan fingerprint density at radius 2 is 2.18 bits per heavy atom. The van der Waals surface area contributed by atoms with E-state index in [-0.39, 0.29) is 0 Å². The number of pyridine rings is 1. The summed E-state index contributed by atoms with van der Waals surface area (Å²) < 4.78 is 0.965. The number of anilines is 2. The average molecular weight is 375 g/mol. The Labute approximate surface area is 141 Å². The third-order valence-corrected chi connectivity index (χ3v) is 5.73. The van der Waals surface area contributed by atoms with E-state index in [2.05, 4.69) is 43.1 Å². The topological polar surface area (TPSA) is 50.7 Å². The molecule has 1 N–H and O–H groups in total. The van der Waals surface area contributed by atoms with E-state index in [0.717, 1.165) is 39.7 Å². The largest absolute Gasteiger partial charge is 0.324 e. The molecule has 0 spiro atoms. The Morgan fingerprint density at radius 1 is 1.27 bits per heavy atom. The third kappa shape index (κ3) is 2.50. The van der Waals surface area contributed by atoms with Crippen molar-refractivity contribution in [3.63, 3.8) is 0 Å². The van der Waals surface area contributed by atoms with Gasteiger partial charge in [-0.25, -0.2) is 15.0 Å². The number of aryl methyl sites for hydroxylation is 1. The van der Waals surface area contributed by atoms with Crippen molar-refractivity contribution in [1.82, 2.24) is 15.0 Å². The fraction of sp³-hybridized carbons (Fsp3) is 0.312. The molecule has 1 atom stereocenters. The summed E-state index contributed by atoms with van der Waals surface area (Å²) in [5, 5.41) is 4.53. The maximum Gasteiger partial charge on any atom is 0.144 e. The molecule has 1 aliphatic carbocycles. The molecule has 0 fully saturated rings. The number of hydrogen-bond donors (Lipinski definition) is 1. The average Bonchev–Trinajstić information content (AvgIpc) is 2.88. The molecule has 0 aromatic carbocycles. The van der Waals surface area contributed by atoms with Gasteiger partial charge in [-0.15, -0.1) is 11.3 Å². The molecule has 0 saturated carbocycles. The normalized spacial score (nSPS) is 17.5. The van der Waals surface area contributed by atoms with Crippen LogP contribution in [0.25, 0.3) is 10.2 Å². The second-order valence-corrected chi connectivity index (χ2v) is 7.74. The number of thiophene rings is 1. The number of fused-ring (bicyclic) bond motifs is 3. The highest BCUT2D eigenvalue weighted by Gasteiger charge is 2.23. The van der Waals surface area contributed by atoms with Crippen LogP contribution in [0.1, 0.15) is 23.8 Å². The van der Waals surface area contributed by atoms with Crippen LogP contribution in [0, 0.1) is 5.92 Å². The number of nitrogens with one attached hydrogen (secondary N) is 1. The van der Waals surface area contributed by atoms with Crippen LogP contribution in [0.5, 0.6) is 0 Å². The standard InChI is InChI=1S/C16H15BrN4S/c1-9-2-4-12-11(6-9)14-15(19-8-20-16(14)22-12)21-13-5-3-10(17)7-18-13/h3,5,7-9H,2,4,6H2,1H3,(H,18,19,20,21). The summed E-state index contributed by atoms with van der Waals surface area (Å²) in [5.41, 5.74) is 1.43. The van der Waals surface area contributed by atoms with Gasteiger partial charge in [0.05, 0.1) is 5.39 Å². The lowest BCUT2D eigenvalue weighted by molar-refractivity contribution is 0.508. The first kappa shape index (κ1) is 14.1. The minimum atomic E-state index is 0.726. The van der Waals surface area contributed by atoms with Gasteiger partial charge in [-0.05, 0) is 58.8 Å². The number of aromatic nitrogens is 3. The molecule has 1 unspecified atom stereocenters. The molecule has 0 radical (unpaired) electrons. The fourth-order valence-corrected chi connectivity index (χ4v) is 4.37. The number of nitrogens with zero attached hydrogens (tertiary/aromatic N) is 3. The van der Waals surface area contributed by atoms with Crippen molar-refractivity contribution in [1.29, 1.82) is 0 Å². The molecular formula is C16H15BrN4S. The zero-order valence-electron chi connectivity index (χ0n) is 12.1. The minimum Gasteiger partial charge on any atom is -0.324 e. The van der Waals surface area contributed by atoms with Crippen LogP contribution in [0.3, 0.4) is 0 Å². The van der Waals surface area contributed by atoms with E-state index < -0.39 is 0 Å². The van der Waals surface area contributed by atoms with Gasteiger partial charge in [0, 0.05) is 15.5 Å². The summed E-state index contributed by atoms with van der Waals surface area (Å²) in [6.07, 6.45) is 6.96. The molecule has 6 heteroatoms. The number of halogens is 1. The molecule has 0 aliphatic heterocycles. The summed E-state index contributed by atoms with van der Waals surface area (Å²) in [6, 6.07) is 3.92. The highest BCUT2D eigenvalue weighted by molar-refractivity contribution is 9.10. The van der Waals surface area contributed by atoms with Crippen LogP contribution < -0.4 is 5.32 Å². The fourth-order valence-electron chi connectivity index (χ4n) is 2.95. The van der Waals surface area contributed by atoms with Gasteiger partial charge in [-0.3, -0.25) is 0 Å². The molecule has 1 aliphatic rings. The highest BCUT2D eigenvalue weighted by Crippen LogP contribution is 2.40. The van der Waals surface area contributed by atoms with Gasteiger partial charge >= 0.3 is 0 Å². The first-order valence-electron chi connectivity index (χ1n) is 7.34. The first-order chi connectivity index (χ1) is 10.7. The monoisotopic (exact) mass is 374 g/mol. The summed E-state index contributed by atoms with van der Waals surface area (Å²) in [6.45, 7) is 2.32. The van der Waals surface area contributed by atoms with Gasteiger partial charge in [0.2, 0.25) is 0 Å². The van der Waals surface area contributed by atoms with Gasteiger partial charge in [-0.1, -0.05) is 6.92 Å². The lowest BCUT2D eigenvalue weighted by Gasteiger charge is -2.18. The van der Waals surface area contributed by atoms with Gasteiger partial charge in [0.25, 0.3) is 0 Å². The summed E-state index contributed by atoms with van der Waals surface area (Å²) in [7, 11) is 0. The van der Waals surface area contributed by atoms with Gasteiger partial charge < -0.3 is 5.32 Å². The number of hydrogen-bond acceptors (Lipinski definition) is 5. The van der Waals surface area contributed by atoms with Crippen LogP contribution in [-0.2, 0) is 12.8 Å². The van der Waals surface area contributed by atoms with Crippen molar-refractivity contribution < 1.29 is 0 Å².